The van der Waals surface area contributed by atoms with Crippen LogP contribution in [-0.2, 0) is 4.79 Å². The number of nitriles is 1. The highest BCUT2D eigenvalue weighted by Gasteiger charge is 2.34. The van der Waals surface area contributed by atoms with Crippen LogP contribution < -0.4 is 15.0 Å². The number of thiol groups is 1. The maximum Gasteiger partial charge on any atom is 0.266 e. The number of anilines is 1. The average Bonchev–Trinajstić information content (AvgIpc) is 3.29. The van der Waals surface area contributed by atoms with Crippen LogP contribution in [0.3, 0.4) is 0 Å². The van der Waals surface area contributed by atoms with Crippen molar-refractivity contribution in [3.05, 3.63) is 89.0 Å². The molecule has 0 fully saturated rings. The highest BCUT2D eigenvalue weighted by Crippen LogP contribution is 2.38. The van der Waals surface area contributed by atoms with Gasteiger partial charge in [-0.2, -0.15) is 5.26 Å². The largest absolute Gasteiger partial charge is 0.494 e. The predicted molar refractivity (Wildman–Crippen MR) is 132 cm³/mol. The van der Waals surface area contributed by atoms with Gasteiger partial charge in [0, 0.05) is 11.3 Å². The summed E-state index contributed by atoms with van der Waals surface area (Å²) < 4.78 is 11.2. The second-order valence-electron chi connectivity index (χ2n) is 7.64. The molecule has 2 heterocycles. The SMILES string of the molecule is CCOc1ccc(N2C(S)=C(C#N)C(=O)NC2c2ccc3noc(-c4ccccc4)c3c2)cc1. The lowest BCUT2D eigenvalue weighted by Gasteiger charge is -2.38. The fraction of sp³-hybridized carbons (Fsp3) is 0.115. The van der Waals surface area contributed by atoms with Crippen molar-refractivity contribution >= 4 is 35.1 Å². The molecule has 1 aliphatic heterocycles. The van der Waals surface area contributed by atoms with Crippen molar-refractivity contribution in [2.24, 2.45) is 0 Å². The van der Waals surface area contributed by atoms with E-state index in [9.17, 15) is 10.1 Å². The van der Waals surface area contributed by atoms with Gasteiger partial charge in [0.1, 0.15) is 29.1 Å². The molecular weight excluding hydrogens is 448 g/mol. The van der Waals surface area contributed by atoms with Gasteiger partial charge in [-0.05, 0) is 48.9 Å². The molecule has 0 saturated carbocycles. The first-order valence-electron chi connectivity index (χ1n) is 10.7. The molecule has 0 bridgehead atoms. The van der Waals surface area contributed by atoms with Gasteiger partial charge < -0.3 is 19.5 Å². The highest BCUT2D eigenvalue weighted by molar-refractivity contribution is 7.84. The summed E-state index contributed by atoms with van der Waals surface area (Å²) in [7, 11) is 0. The molecule has 1 amide bonds. The first kappa shape index (κ1) is 21.6. The Kier molecular flexibility index (Phi) is 5.70. The Morgan fingerprint density at radius 2 is 1.91 bits per heavy atom. The second-order valence-corrected chi connectivity index (χ2v) is 8.06. The van der Waals surface area contributed by atoms with Gasteiger partial charge in [-0.3, -0.25) is 4.79 Å². The zero-order valence-corrected chi connectivity index (χ0v) is 19.1. The zero-order valence-electron chi connectivity index (χ0n) is 18.2. The number of benzene rings is 3. The smallest absolute Gasteiger partial charge is 0.266 e. The van der Waals surface area contributed by atoms with Crippen LogP contribution in [0.2, 0.25) is 0 Å². The van der Waals surface area contributed by atoms with Gasteiger partial charge in [0.15, 0.2) is 5.76 Å². The van der Waals surface area contributed by atoms with Crippen LogP contribution in [0.25, 0.3) is 22.2 Å². The molecule has 1 N–H and O–H groups in total. The molecule has 4 aromatic rings. The van der Waals surface area contributed by atoms with Crippen LogP contribution in [-0.4, -0.2) is 17.7 Å². The molecule has 34 heavy (non-hydrogen) atoms. The number of aromatic nitrogens is 1. The zero-order chi connectivity index (χ0) is 23.7. The summed E-state index contributed by atoms with van der Waals surface area (Å²) in [5, 5.41) is 17.8. The van der Waals surface area contributed by atoms with E-state index in [2.05, 4.69) is 23.1 Å². The number of hydrogen-bond donors (Lipinski definition) is 2. The van der Waals surface area contributed by atoms with Gasteiger partial charge in [0.2, 0.25) is 0 Å². The summed E-state index contributed by atoms with van der Waals surface area (Å²) in [5.74, 6) is 0.896. The van der Waals surface area contributed by atoms with Crippen LogP contribution in [0.5, 0.6) is 5.75 Å². The number of rotatable bonds is 5. The van der Waals surface area contributed by atoms with Crippen molar-refractivity contribution in [2.75, 3.05) is 11.5 Å². The minimum Gasteiger partial charge on any atom is -0.494 e. The number of carbonyl (C=O) groups excluding carboxylic acids is 1. The maximum atomic E-state index is 12.7. The van der Waals surface area contributed by atoms with Gasteiger partial charge in [-0.15, -0.1) is 12.6 Å². The Morgan fingerprint density at radius 1 is 1.15 bits per heavy atom. The average molecular weight is 469 g/mol. The maximum absolute atomic E-state index is 12.7. The van der Waals surface area contributed by atoms with Gasteiger partial charge >= 0.3 is 0 Å². The van der Waals surface area contributed by atoms with E-state index >= 15 is 0 Å². The highest BCUT2D eigenvalue weighted by atomic mass is 32.1. The number of ether oxygens (including phenoxy) is 1. The van der Waals surface area contributed by atoms with Crippen LogP contribution in [0.1, 0.15) is 18.7 Å². The molecule has 5 rings (SSSR count). The number of hydrogen-bond acceptors (Lipinski definition) is 7. The van der Waals surface area contributed by atoms with E-state index in [1.165, 1.54) is 0 Å². The summed E-state index contributed by atoms with van der Waals surface area (Å²) in [6.45, 7) is 2.48. The van der Waals surface area contributed by atoms with E-state index in [1.54, 1.807) is 0 Å². The van der Waals surface area contributed by atoms with Crippen LogP contribution >= 0.6 is 12.6 Å². The van der Waals surface area contributed by atoms with Crippen molar-refractivity contribution in [3.8, 4) is 23.1 Å². The van der Waals surface area contributed by atoms with Crippen molar-refractivity contribution < 1.29 is 14.1 Å². The van der Waals surface area contributed by atoms with E-state index in [1.807, 2.05) is 90.7 Å². The number of amides is 1. The molecule has 0 spiro atoms. The third-order valence-electron chi connectivity index (χ3n) is 5.59. The van der Waals surface area contributed by atoms with Crippen LogP contribution in [0, 0.1) is 11.3 Å². The lowest BCUT2D eigenvalue weighted by atomic mass is 10.0. The molecule has 1 unspecified atom stereocenters. The van der Waals surface area contributed by atoms with Gasteiger partial charge in [-0.25, -0.2) is 0 Å². The number of fused-ring (bicyclic) bond motifs is 1. The summed E-state index contributed by atoms with van der Waals surface area (Å²) in [6, 6.07) is 24.8. The fourth-order valence-electron chi connectivity index (χ4n) is 4.01. The fourth-order valence-corrected chi connectivity index (χ4v) is 4.39. The van der Waals surface area contributed by atoms with E-state index < -0.39 is 12.1 Å². The van der Waals surface area contributed by atoms with Gasteiger partial charge in [-0.1, -0.05) is 41.6 Å². The lowest BCUT2D eigenvalue weighted by Crippen LogP contribution is -2.46. The minimum absolute atomic E-state index is 0.0514. The Bertz CT molecular complexity index is 1440. The van der Waals surface area contributed by atoms with E-state index in [0.717, 1.165) is 28.0 Å². The summed E-state index contributed by atoms with van der Waals surface area (Å²) in [6.07, 6.45) is -0.599. The molecule has 1 aliphatic rings. The van der Waals surface area contributed by atoms with Crippen molar-refractivity contribution in [3.63, 3.8) is 0 Å². The van der Waals surface area contributed by atoms with Crippen molar-refractivity contribution in [2.45, 2.75) is 13.1 Å². The lowest BCUT2D eigenvalue weighted by molar-refractivity contribution is -0.118. The number of nitrogens with one attached hydrogen (secondary N) is 1. The summed E-state index contributed by atoms with van der Waals surface area (Å²) in [5.41, 5.74) is 3.10. The molecule has 8 heteroatoms. The standard InChI is InChI=1S/C26H20N4O3S/c1-2-32-19-11-9-18(10-12-19)30-24(28-25(31)21(15-27)26(30)34)17-8-13-22-20(14-17)23(33-29-22)16-6-4-3-5-7-16/h3-14,24,34H,2H2,1H3,(H,28,31). The summed E-state index contributed by atoms with van der Waals surface area (Å²) in [4.78, 5) is 14.5. The third kappa shape index (κ3) is 3.76. The first-order chi connectivity index (χ1) is 16.6. The Morgan fingerprint density at radius 3 is 2.62 bits per heavy atom. The van der Waals surface area contributed by atoms with Crippen molar-refractivity contribution in [1.82, 2.24) is 10.5 Å². The monoisotopic (exact) mass is 468 g/mol. The van der Waals surface area contributed by atoms with E-state index in [0.29, 0.717) is 17.9 Å². The van der Waals surface area contributed by atoms with Crippen molar-refractivity contribution in [1.29, 1.82) is 5.26 Å². The number of nitrogens with zero attached hydrogens (tertiary/aromatic N) is 3. The molecule has 168 valence electrons. The molecule has 1 aromatic heterocycles. The van der Waals surface area contributed by atoms with Crippen LogP contribution in [0.4, 0.5) is 5.69 Å². The van der Waals surface area contributed by atoms with Gasteiger partial charge in [0.05, 0.1) is 17.0 Å². The molecule has 0 aliphatic carbocycles. The topological polar surface area (TPSA) is 91.4 Å². The summed E-state index contributed by atoms with van der Waals surface area (Å²) >= 11 is 4.58. The Labute approximate surface area is 201 Å². The minimum atomic E-state index is -0.599. The first-order valence-corrected chi connectivity index (χ1v) is 11.2. The molecule has 7 nitrogen and oxygen atoms in total. The molecule has 1 atom stereocenters. The molecule has 3 aromatic carbocycles. The van der Waals surface area contributed by atoms with E-state index in [-0.39, 0.29) is 10.6 Å². The van der Waals surface area contributed by atoms with Gasteiger partial charge in [0.25, 0.3) is 5.91 Å². The normalized spacial score (nSPS) is 15.9. The second kappa shape index (κ2) is 8.96. The Balaban J connectivity index is 1.62. The molecule has 0 saturated heterocycles. The third-order valence-corrected chi connectivity index (χ3v) is 6.03. The molecular formula is C26H20N4O3S. The predicted octanol–water partition coefficient (Wildman–Crippen LogP) is 5.19. The quantitative estimate of drug-likeness (QED) is 0.392. The molecule has 0 radical (unpaired) electrons. The van der Waals surface area contributed by atoms with Crippen LogP contribution in [0.15, 0.2) is 87.9 Å². The van der Waals surface area contributed by atoms with E-state index in [4.69, 9.17) is 9.26 Å². The number of carbonyl (C=O) groups is 1. The Hall–Kier alpha value is -4.22.